The lowest BCUT2D eigenvalue weighted by Gasteiger charge is -2.13. The monoisotopic (exact) mass is 196 g/mol. The van der Waals surface area contributed by atoms with Crippen LogP contribution in [-0.4, -0.2) is 15.3 Å². The molecular weight excluding hydrogens is 180 g/mol. The van der Waals surface area contributed by atoms with Crippen LogP contribution in [0.15, 0.2) is 6.33 Å². The van der Waals surface area contributed by atoms with Gasteiger partial charge >= 0.3 is 0 Å². The van der Waals surface area contributed by atoms with Gasteiger partial charge in [-0.1, -0.05) is 0 Å². The van der Waals surface area contributed by atoms with Gasteiger partial charge in [0.2, 0.25) is 0 Å². The summed E-state index contributed by atoms with van der Waals surface area (Å²) >= 11 is 4.22. The molecule has 0 bridgehead atoms. The van der Waals surface area contributed by atoms with Gasteiger partial charge in [-0.3, -0.25) is 0 Å². The Labute approximate surface area is 84.8 Å². The number of fused-ring (bicyclic) bond motifs is 1. The van der Waals surface area contributed by atoms with Gasteiger partial charge in [-0.05, 0) is 37.9 Å². The van der Waals surface area contributed by atoms with Crippen molar-refractivity contribution in [3.05, 3.63) is 17.7 Å². The van der Waals surface area contributed by atoms with E-state index in [4.69, 9.17) is 0 Å². The standard InChI is InChI=1S/C10H16N2S/c13-7-3-6-12-8-11-9-4-1-2-5-10(9)12/h8,13H,1-7H2. The van der Waals surface area contributed by atoms with Crippen LogP contribution >= 0.6 is 12.6 Å². The minimum Gasteiger partial charge on any atom is -0.334 e. The van der Waals surface area contributed by atoms with E-state index in [-0.39, 0.29) is 0 Å². The van der Waals surface area contributed by atoms with Crippen molar-refractivity contribution in [2.75, 3.05) is 5.75 Å². The predicted molar refractivity (Wildman–Crippen MR) is 57.3 cm³/mol. The summed E-state index contributed by atoms with van der Waals surface area (Å²) in [6.07, 6.45) is 8.20. The molecule has 1 heterocycles. The van der Waals surface area contributed by atoms with E-state index in [0.29, 0.717) is 0 Å². The van der Waals surface area contributed by atoms with Gasteiger partial charge in [0, 0.05) is 12.2 Å². The molecule has 0 amide bonds. The van der Waals surface area contributed by atoms with Crippen LogP contribution in [0.4, 0.5) is 0 Å². The maximum Gasteiger partial charge on any atom is 0.0951 e. The fourth-order valence-corrected chi connectivity index (χ4v) is 2.11. The largest absolute Gasteiger partial charge is 0.334 e. The number of hydrogen-bond donors (Lipinski definition) is 1. The molecule has 0 radical (unpaired) electrons. The van der Waals surface area contributed by atoms with Crippen LogP contribution in [0.25, 0.3) is 0 Å². The van der Waals surface area contributed by atoms with Crippen LogP contribution in [-0.2, 0) is 19.4 Å². The van der Waals surface area contributed by atoms with E-state index in [9.17, 15) is 0 Å². The third-order valence-corrected chi connectivity index (χ3v) is 2.98. The molecule has 1 aromatic heterocycles. The first kappa shape index (κ1) is 9.13. The molecule has 1 aliphatic carbocycles. The van der Waals surface area contributed by atoms with Crippen LogP contribution in [0.1, 0.15) is 30.7 Å². The lowest BCUT2D eigenvalue weighted by molar-refractivity contribution is 0.598. The molecular formula is C10H16N2S. The van der Waals surface area contributed by atoms with Crippen LogP contribution < -0.4 is 0 Å². The quantitative estimate of drug-likeness (QED) is 0.733. The first-order valence-corrected chi connectivity index (χ1v) is 5.69. The van der Waals surface area contributed by atoms with Crippen molar-refractivity contribution in [1.29, 1.82) is 0 Å². The summed E-state index contributed by atoms with van der Waals surface area (Å²) in [5.41, 5.74) is 2.82. The topological polar surface area (TPSA) is 17.8 Å². The third-order valence-electron chi connectivity index (χ3n) is 2.67. The Kier molecular flexibility index (Phi) is 2.94. The zero-order valence-electron chi connectivity index (χ0n) is 7.87. The smallest absolute Gasteiger partial charge is 0.0951 e. The molecule has 2 rings (SSSR count). The summed E-state index contributed by atoms with van der Waals surface area (Å²) in [7, 11) is 0. The van der Waals surface area contributed by atoms with Crippen LogP contribution in [0.3, 0.4) is 0 Å². The normalized spacial score (nSPS) is 15.8. The van der Waals surface area contributed by atoms with Gasteiger partial charge in [-0.15, -0.1) is 0 Å². The highest BCUT2D eigenvalue weighted by Gasteiger charge is 2.14. The second-order valence-electron chi connectivity index (χ2n) is 3.62. The molecule has 0 saturated heterocycles. The first-order valence-electron chi connectivity index (χ1n) is 5.05. The van der Waals surface area contributed by atoms with Crippen molar-refractivity contribution in [2.24, 2.45) is 0 Å². The molecule has 0 spiro atoms. The maximum absolute atomic E-state index is 4.45. The van der Waals surface area contributed by atoms with Crippen molar-refractivity contribution >= 4 is 12.6 Å². The number of aromatic nitrogens is 2. The minimum atomic E-state index is 0.965. The van der Waals surface area contributed by atoms with Gasteiger partial charge in [-0.25, -0.2) is 4.98 Å². The van der Waals surface area contributed by atoms with Gasteiger partial charge in [0.1, 0.15) is 0 Å². The van der Waals surface area contributed by atoms with Crippen molar-refractivity contribution in [3.8, 4) is 0 Å². The molecule has 3 heteroatoms. The lowest BCUT2D eigenvalue weighted by atomic mass is 10.0. The predicted octanol–water partition coefficient (Wildman–Crippen LogP) is 2.08. The number of nitrogens with zero attached hydrogens (tertiary/aromatic N) is 2. The number of thiol groups is 1. The van der Waals surface area contributed by atoms with E-state index < -0.39 is 0 Å². The van der Waals surface area contributed by atoms with Crippen molar-refractivity contribution in [3.63, 3.8) is 0 Å². The summed E-state index contributed by atoms with van der Waals surface area (Å²) in [5, 5.41) is 0. The molecule has 0 aromatic carbocycles. The molecule has 0 N–H and O–H groups in total. The molecule has 0 unspecified atom stereocenters. The number of hydrogen-bond acceptors (Lipinski definition) is 2. The summed E-state index contributed by atoms with van der Waals surface area (Å²) in [6, 6.07) is 0. The van der Waals surface area contributed by atoms with Gasteiger partial charge in [-0.2, -0.15) is 12.6 Å². The van der Waals surface area contributed by atoms with Crippen molar-refractivity contribution in [2.45, 2.75) is 38.6 Å². The molecule has 2 nitrogen and oxygen atoms in total. The van der Waals surface area contributed by atoms with Gasteiger partial charge < -0.3 is 4.57 Å². The fourth-order valence-electron chi connectivity index (χ4n) is 1.96. The van der Waals surface area contributed by atoms with E-state index >= 15 is 0 Å². The first-order chi connectivity index (χ1) is 6.42. The Hall–Kier alpha value is -0.440. The Bertz CT molecular complexity index is 280. The lowest BCUT2D eigenvalue weighted by Crippen LogP contribution is -2.08. The Morgan fingerprint density at radius 1 is 1.38 bits per heavy atom. The Morgan fingerprint density at radius 2 is 2.23 bits per heavy atom. The molecule has 0 aliphatic heterocycles. The highest BCUT2D eigenvalue weighted by molar-refractivity contribution is 7.80. The SMILES string of the molecule is SCCCn1cnc2c1CCCC2. The summed E-state index contributed by atoms with van der Waals surface area (Å²) < 4.78 is 2.31. The zero-order chi connectivity index (χ0) is 9.10. The van der Waals surface area contributed by atoms with Crippen LogP contribution in [0.5, 0.6) is 0 Å². The van der Waals surface area contributed by atoms with E-state index in [0.717, 1.165) is 18.7 Å². The average molecular weight is 196 g/mol. The van der Waals surface area contributed by atoms with Crippen molar-refractivity contribution in [1.82, 2.24) is 9.55 Å². The zero-order valence-corrected chi connectivity index (χ0v) is 8.76. The molecule has 72 valence electrons. The van der Waals surface area contributed by atoms with Crippen LogP contribution in [0.2, 0.25) is 0 Å². The van der Waals surface area contributed by atoms with E-state index in [1.165, 1.54) is 37.1 Å². The molecule has 1 aliphatic rings. The molecule has 0 atom stereocenters. The van der Waals surface area contributed by atoms with Gasteiger partial charge in [0.05, 0.1) is 12.0 Å². The summed E-state index contributed by atoms with van der Waals surface area (Å²) in [6.45, 7) is 1.09. The van der Waals surface area contributed by atoms with Gasteiger partial charge in [0.25, 0.3) is 0 Å². The fraction of sp³-hybridized carbons (Fsp3) is 0.700. The van der Waals surface area contributed by atoms with E-state index in [1.54, 1.807) is 0 Å². The summed E-state index contributed by atoms with van der Waals surface area (Å²) in [4.78, 5) is 4.45. The summed E-state index contributed by atoms with van der Waals surface area (Å²) in [5.74, 6) is 0.965. The Morgan fingerprint density at radius 3 is 3.08 bits per heavy atom. The minimum absolute atomic E-state index is 0.965. The van der Waals surface area contributed by atoms with E-state index in [2.05, 4.69) is 22.2 Å². The maximum atomic E-state index is 4.45. The number of aryl methyl sites for hydroxylation is 2. The van der Waals surface area contributed by atoms with Gasteiger partial charge in [0.15, 0.2) is 0 Å². The molecule has 0 fully saturated rings. The number of imidazole rings is 1. The number of rotatable bonds is 3. The Balaban J connectivity index is 2.12. The molecule has 1 aromatic rings. The second-order valence-corrected chi connectivity index (χ2v) is 4.06. The molecule has 0 saturated carbocycles. The van der Waals surface area contributed by atoms with Crippen molar-refractivity contribution < 1.29 is 0 Å². The van der Waals surface area contributed by atoms with Crippen LogP contribution in [0, 0.1) is 0 Å². The van der Waals surface area contributed by atoms with E-state index in [1.807, 2.05) is 6.33 Å². The highest BCUT2D eigenvalue weighted by Crippen LogP contribution is 2.19. The highest BCUT2D eigenvalue weighted by atomic mass is 32.1. The average Bonchev–Trinajstić information content (AvgIpc) is 2.58. The second kappa shape index (κ2) is 4.18. The molecule has 13 heavy (non-hydrogen) atoms. The third kappa shape index (κ3) is 1.90.